The Bertz CT molecular complexity index is 116. The Balaban J connectivity index is 3.48. The van der Waals surface area contributed by atoms with Gasteiger partial charge in [0.05, 0.1) is 6.10 Å². The van der Waals surface area contributed by atoms with Crippen LogP contribution >= 0.6 is 0 Å². The van der Waals surface area contributed by atoms with Crippen LogP contribution in [0.5, 0.6) is 0 Å². The first-order valence-corrected chi connectivity index (χ1v) is 3.47. The van der Waals surface area contributed by atoms with Crippen molar-refractivity contribution < 1.29 is 9.90 Å². The molecule has 2 heteroatoms. The molecule has 58 valence electrons. The van der Waals surface area contributed by atoms with Crippen molar-refractivity contribution in [1.82, 2.24) is 0 Å². The molecule has 1 atom stereocenters. The summed E-state index contributed by atoms with van der Waals surface area (Å²) in [4.78, 5) is 9.79. The number of aliphatic hydroxyl groups excluding tert-OH is 1. The van der Waals surface area contributed by atoms with Gasteiger partial charge in [0.2, 0.25) is 0 Å². The van der Waals surface area contributed by atoms with E-state index < -0.39 is 0 Å². The second-order valence-corrected chi connectivity index (χ2v) is 2.61. The van der Waals surface area contributed by atoms with Gasteiger partial charge in [0.25, 0.3) is 0 Å². The number of aliphatic hydroxyl groups is 1. The third-order valence-electron chi connectivity index (χ3n) is 1.36. The molecule has 0 spiro atoms. The van der Waals surface area contributed by atoms with Crippen molar-refractivity contribution in [2.45, 2.75) is 26.4 Å². The van der Waals surface area contributed by atoms with E-state index in [-0.39, 0.29) is 12.0 Å². The predicted octanol–water partition coefficient (Wildman–Crippen LogP) is 1.15. The summed E-state index contributed by atoms with van der Waals surface area (Å²) in [6.45, 7) is 3.89. The summed E-state index contributed by atoms with van der Waals surface area (Å²) in [7, 11) is 0. The van der Waals surface area contributed by atoms with Gasteiger partial charge < -0.3 is 5.11 Å². The van der Waals surface area contributed by atoms with Gasteiger partial charge in [-0.15, -0.1) is 0 Å². The highest BCUT2D eigenvalue weighted by Gasteiger charge is 2.05. The summed E-state index contributed by atoms with van der Waals surface area (Å²) in [6.07, 6.45) is 4.04. The lowest BCUT2D eigenvalue weighted by molar-refractivity contribution is -0.104. The highest BCUT2D eigenvalue weighted by atomic mass is 16.3. The average molecular weight is 142 g/mol. The van der Waals surface area contributed by atoms with Crippen molar-refractivity contribution in [1.29, 1.82) is 0 Å². The number of carbonyl (C=O) groups excluding carboxylic acids is 1. The molecule has 0 aliphatic heterocycles. The molecular formula is C8H14O2. The van der Waals surface area contributed by atoms with Crippen molar-refractivity contribution in [2.75, 3.05) is 0 Å². The molecule has 1 unspecified atom stereocenters. The molecule has 0 amide bonds. The molecule has 0 aliphatic carbocycles. The van der Waals surface area contributed by atoms with Gasteiger partial charge in [-0.25, -0.2) is 0 Å². The first-order valence-electron chi connectivity index (χ1n) is 3.47. The Morgan fingerprint density at radius 3 is 2.50 bits per heavy atom. The Morgan fingerprint density at radius 1 is 1.50 bits per heavy atom. The smallest absolute Gasteiger partial charge is 0.142 e. The van der Waals surface area contributed by atoms with Crippen LogP contribution in [0.4, 0.5) is 0 Å². The fourth-order valence-corrected chi connectivity index (χ4v) is 0.546. The number of aldehydes is 1. The highest BCUT2D eigenvalue weighted by Crippen LogP contribution is 2.05. The number of carbonyl (C=O) groups is 1. The normalized spacial score (nSPS) is 14.4. The standard InChI is InChI=1S/C8H14O2/c1-7(2)8(10)5-3-4-6-9/h3-4,6-8,10H,5H2,1-2H3/b4-3+. The highest BCUT2D eigenvalue weighted by molar-refractivity contribution is 5.64. The molecule has 0 fully saturated rings. The van der Waals surface area contributed by atoms with Gasteiger partial charge in [0.1, 0.15) is 6.29 Å². The third-order valence-corrected chi connectivity index (χ3v) is 1.36. The van der Waals surface area contributed by atoms with Crippen LogP contribution in [0.1, 0.15) is 20.3 Å². The molecule has 0 rings (SSSR count). The lowest BCUT2D eigenvalue weighted by atomic mass is 10.0. The maximum Gasteiger partial charge on any atom is 0.142 e. The van der Waals surface area contributed by atoms with E-state index >= 15 is 0 Å². The van der Waals surface area contributed by atoms with Crippen LogP contribution in [-0.4, -0.2) is 17.5 Å². The van der Waals surface area contributed by atoms with Gasteiger partial charge in [-0.2, -0.15) is 0 Å². The molecule has 0 aliphatic rings. The lowest BCUT2D eigenvalue weighted by Crippen LogP contribution is -2.12. The number of hydrogen-bond donors (Lipinski definition) is 1. The Hall–Kier alpha value is -0.630. The molecule has 0 saturated carbocycles. The summed E-state index contributed by atoms with van der Waals surface area (Å²) >= 11 is 0. The van der Waals surface area contributed by atoms with Crippen molar-refractivity contribution >= 4 is 6.29 Å². The average Bonchev–Trinajstić information content (AvgIpc) is 1.88. The van der Waals surface area contributed by atoms with Crippen LogP contribution in [0, 0.1) is 5.92 Å². The lowest BCUT2D eigenvalue weighted by Gasteiger charge is -2.10. The van der Waals surface area contributed by atoms with E-state index in [4.69, 9.17) is 0 Å². The van der Waals surface area contributed by atoms with Crippen LogP contribution in [0.2, 0.25) is 0 Å². The Kier molecular flexibility index (Phi) is 4.85. The van der Waals surface area contributed by atoms with E-state index in [0.717, 1.165) is 0 Å². The fourth-order valence-electron chi connectivity index (χ4n) is 0.546. The summed E-state index contributed by atoms with van der Waals surface area (Å²) in [5.74, 6) is 0.260. The van der Waals surface area contributed by atoms with Crippen LogP contribution < -0.4 is 0 Å². The Morgan fingerprint density at radius 2 is 2.10 bits per heavy atom. The van der Waals surface area contributed by atoms with Crippen LogP contribution in [-0.2, 0) is 4.79 Å². The van der Waals surface area contributed by atoms with Crippen LogP contribution in [0.25, 0.3) is 0 Å². The predicted molar refractivity (Wildman–Crippen MR) is 40.7 cm³/mol. The summed E-state index contributed by atoms with van der Waals surface area (Å²) in [5.41, 5.74) is 0. The third kappa shape index (κ3) is 4.27. The molecule has 10 heavy (non-hydrogen) atoms. The minimum atomic E-state index is -0.323. The van der Waals surface area contributed by atoms with Gasteiger partial charge in [0, 0.05) is 0 Å². The molecule has 0 aromatic heterocycles. The van der Waals surface area contributed by atoms with E-state index in [1.54, 1.807) is 6.08 Å². The molecule has 0 saturated heterocycles. The molecular weight excluding hydrogens is 128 g/mol. The minimum Gasteiger partial charge on any atom is -0.393 e. The molecule has 0 radical (unpaired) electrons. The number of hydrogen-bond acceptors (Lipinski definition) is 2. The van der Waals surface area contributed by atoms with Crippen molar-refractivity contribution in [3.05, 3.63) is 12.2 Å². The molecule has 0 aromatic rings. The first kappa shape index (κ1) is 9.37. The van der Waals surface area contributed by atoms with Gasteiger partial charge in [-0.1, -0.05) is 19.9 Å². The van der Waals surface area contributed by atoms with Crippen molar-refractivity contribution in [3.63, 3.8) is 0 Å². The van der Waals surface area contributed by atoms with Gasteiger partial charge in [-0.3, -0.25) is 4.79 Å². The van der Waals surface area contributed by atoms with E-state index in [1.165, 1.54) is 6.08 Å². The Labute approximate surface area is 61.6 Å². The van der Waals surface area contributed by atoms with Crippen LogP contribution in [0.15, 0.2) is 12.2 Å². The molecule has 0 heterocycles. The monoisotopic (exact) mass is 142 g/mol. The molecule has 2 nitrogen and oxygen atoms in total. The van der Waals surface area contributed by atoms with Gasteiger partial charge >= 0.3 is 0 Å². The van der Waals surface area contributed by atoms with Crippen LogP contribution in [0.3, 0.4) is 0 Å². The minimum absolute atomic E-state index is 0.260. The van der Waals surface area contributed by atoms with Crippen molar-refractivity contribution in [2.24, 2.45) is 5.92 Å². The van der Waals surface area contributed by atoms with Gasteiger partial charge in [-0.05, 0) is 18.4 Å². The molecule has 1 N–H and O–H groups in total. The maximum atomic E-state index is 9.79. The van der Waals surface area contributed by atoms with Crippen molar-refractivity contribution in [3.8, 4) is 0 Å². The van der Waals surface area contributed by atoms with E-state index in [2.05, 4.69) is 0 Å². The zero-order valence-corrected chi connectivity index (χ0v) is 6.45. The number of rotatable bonds is 4. The summed E-state index contributed by atoms with van der Waals surface area (Å²) in [5, 5.41) is 9.19. The SMILES string of the molecule is CC(C)C(O)C/C=C/C=O. The van der Waals surface area contributed by atoms with E-state index in [0.29, 0.717) is 12.7 Å². The second kappa shape index (κ2) is 5.18. The quantitative estimate of drug-likeness (QED) is 0.472. The molecule has 0 bridgehead atoms. The van der Waals surface area contributed by atoms with Gasteiger partial charge in [0.15, 0.2) is 0 Å². The summed E-state index contributed by atoms with van der Waals surface area (Å²) in [6, 6.07) is 0. The van der Waals surface area contributed by atoms with E-state index in [1.807, 2.05) is 13.8 Å². The maximum absolute atomic E-state index is 9.79. The molecule has 0 aromatic carbocycles. The second-order valence-electron chi connectivity index (χ2n) is 2.61. The fraction of sp³-hybridized carbons (Fsp3) is 0.625. The largest absolute Gasteiger partial charge is 0.393 e. The topological polar surface area (TPSA) is 37.3 Å². The van der Waals surface area contributed by atoms with E-state index in [9.17, 15) is 9.90 Å². The zero-order chi connectivity index (χ0) is 7.98. The summed E-state index contributed by atoms with van der Waals surface area (Å²) < 4.78 is 0. The number of allylic oxidation sites excluding steroid dienone is 1. The zero-order valence-electron chi connectivity index (χ0n) is 6.45. The first-order chi connectivity index (χ1) is 4.68.